The Hall–Kier alpha value is -2.57. The van der Waals surface area contributed by atoms with Crippen LogP contribution in [0.5, 0.6) is 5.75 Å². The molecule has 11 heteroatoms. The molecule has 0 aliphatic carbocycles. The predicted molar refractivity (Wildman–Crippen MR) is 165 cm³/mol. The molecular weight excluding hydrogens is 560 g/mol. The lowest BCUT2D eigenvalue weighted by Gasteiger charge is -2.27. The van der Waals surface area contributed by atoms with Crippen LogP contribution >= 0.6 is 11.3 Å². The number of hydrogen-bond acceptors (Lipinski definition) is 8. The smallest absolute Gasteiger partial charge is 0.260 e. The standard InChI is InChI=1S/C30H42N4O5S2/c1-4-6-16-33(17-7-5-2)41(36,37)26-12-9-24(10-13-26)29(35)34(18-8-15-32-19-21-39-22-20-32)30-31-27-23-25(38-3)11-14-28(27)40-30/h9-14,23H,4-8,15-22H2,1-3H3. The molecule has 1 amide bonds. The van der Waals surface area contributed by atoms with E-state index in [-0.39, 0.29) is 10.8 Å². The first-order valence-electron chi connectivity index (χ1n) is 14.5. The van der Waals surface area contributed by atoms with Crippen molar-refractivity contribution in [3.63, 3.8) is 0 Å². The van der Waals surface area contributed by atoms with Crippen molar-refractivity contribution < 1.29 is 22.7 Å². The van der Waals surface area contributed by atoms with E-state index >= 15 is 0 Å². The van der Waals surface area contributed by atoms with Crippen LogP contribution in [-0.2, 0) is 14.8 Å². The van der Waals surface area contributed by atoms with E-state index in [0.717, 1.165) is 75.2 Å². The maximum atomic E-state index is 13.9. The van der Waals surface area contributed by atoms with Crippen LogP contribution in [-0.4, -0.2) is 88.1 Å². The van der Waals surface area contributed by atoms with Gasteiger partial charge in [0.05, 0.1) is 35.4 Å². The number of aromatic nitrogens is 1. The molecule has 41 heavy (non-hydrogen) atoms. The Morgan fingerprint density at radius 3 is 2.32 bits per heavy atom. The molecule has 0 unspecified atom stereocenters. The van der Waals surface area contributed by atoms with E-state index in [4.69, 9.17) is 14.5 Å². The zero-order valence-corrected chi connectivity index (χ0v) is 26.0. The van der Waals surface area contributed by atoms with Crippen LogP contribution in [0.1, 0.15) is 56.3 Å². The van der Waals surface area contributed by atoms with Crippen LogP contribution in [0.25, 0.3) is 10.2 Å². The molecule has 0 spiro atoms. The number of amides is 1. The van der Waals surface area contributed by atoms with Crippen LogP contribution in [0.4, 0.5) is 5.13 Å². The minimum atomic E-state index is -3.64. The van der Waals surface area contributed by atoms with Crippen LogP contribution < -0.4 is 9.64 Å². The summed E-state index contributed by atoms with van der Waals surface area (Å²) in [5.74, 6) is 0.513. The summed E-state index contributed by atoms with van der Waals surface area (Å²) >= 11 is 1.46. The molecule has 4 rings (SSSR count). The molecule has 0 radical (unpaired) electrons. The second kappa shape index (κ2) is 15.1. The van der Waals surface area contributed by atoms with Crippen molar-refractivity contribution in [1.82, 2.24) is 14.2 Å². The van der Waals surface area contributed by atoms with Crippen molar-refractivity contribution in [2.75, 3.05) is 64.5 Å². The number of rotatable bonds is 15. The van der Waals surface area contributed by atoms with Gasteiger partial charge in [0.1, 0.15) is 5.75 Å². The molecule has 1 fully saturated rings. The molecule has 1 aliphatic heterocycles. The first-order chi connectivity index (χ1) is 19.9. The van der Waals surface area contributed by atoms with Gasteiger partial charge in [0.2, 0.25) is 10.0 Å². The number of ether oxygens (including phenoxy) is 2. The highest BCUT2D eigenvalue weighted by molar-refractivity contribution is 7.89. The molecule has 1 aromatic heterocycles. The number of benzene rings is 2. The van der Waals surface area contributed by atoms with E-state index in [1.165, 1.54) is 11.3 Å². The maximum Gasteiger partial charge on any atom is 0.260 e. The Balaban J connectivity index is 1.57. The molecule has 3 aromatic rings. The summed E-state index contributed by atoms with van der Waals surface area (Å²) in [6, 6.07) is 12.1. The second-order valence-corrected chi connectivity index (χ2v) is 13.2. The molecule has 0 saturated carbocycles. The number of hydrogen-bond donors (Lipinski definition) is 0. The summed E-state index contributed by atoms with van der Waals surface area (Å²) in [6.07, 6.45) is 4.25. The third-order valence-electron chi connectivity index (χ3n) is 7.28. The zero-order chi connectivity index (χ0) is 29.2. The van der Waals surface area contributed by atoms with E-state index in [1.54, 1.807) is 40.6 Å². The number of fused-ring (bicyclic) bond motifs is 1. The van der Waals surface area contributed by atoms with Gasteiger partial charge in [-0.05, 0) is 55.7 Å². The van der Waals surface area contributed by atoms with Gasteiger partial charge < -0.3 is 9.47 Å². The minimum Gasteiger partial charge on any atom is -0.497 e. The van der Waals surface area contributed by atoms with Crippen molar-refractivity contribution >= 4 is 42.6 Å². The Kier molecular flexibility index (Phi) is 11.5. The lowest BCUT2D eigenvalue weighted by molar-refractivity contribution is 0.0376. The molecule has 0 atom stereocenters. The molecule has 9 nitrogen and oxygen atoms in total. The largest absolute Gasteiger partial charge is 0.497 e. The predicted octanol–water partition coefficient (Wildman–Crippen LogP) is 5.26. The number of carbonyl (C=O) groups excluding carboxylic acids is 1. The van der Waals surface area contributed by atoms with E-state index < -0.39 is 10.0 Å². The molecule has 2 aromatic carbocycles. The average Bonchev–Trinajstić information content (AvgIpc) is 3.42. The summed E-state index contributed by atoms with van der Waals surface area (Å²) in [6.45, 7) is 9.69. The van der Waals surface area contributed by atoms with Gasteiger partial charge in [0.15, 0.2) is 5.13 Å². The van der Waals surface area contributed by atoms with E-state index in [2.05, 4.69) is 18.7 Å². The molecule has 0 N–H and O–H groups in total. The lowest BCUT2D eigenvalue weighted by Crippen LogP contribution is -2.39. The number of unbranched alkanes of at least 4 members (excludes halogenated alkanes) is 2. The fourth-order valence-electron chi connectivity index (χ4n) is 4.79. The Morgan fingerprint density at radius 2 is 1.68 bits per heavy atom. The summed E-state index contributed by atoms with van der Waals surface area (Å²) in [7, 11) is -2.02. The highest BCUT2D eigenvalue weighted by Crippen LogP contribution is 2.32. The SMILES string of the molecule is CCCCN(CCCC)S(=O)(=O)c1ccc(C(=O)N(CCCN2CCOCC2)c2nc3cc(OC)ccc3s2)cc1. The zero-order valence-electron chi connectivity index (χ0n) is 24.4. The van der Waals surface area contributed by atoms with Crippen molar-refractivity contribution in [2.45, 2.75) is 50.8 Å². The van der Waals surface area contributed by atoms with Crippen molar-refractivity contribution in [3.8, 4) is 5.75 Å². The van der Waals surface area contributed by atoms with Crippen molar-refractivity contribution in [3.05, 3.63) is 48.0 Å². The number of methoxy groups -OCH3 is 1. The minimum absolute atomic E-state index is 0.198. The monoisotopic (exact) mass is 602 g/mol. The molecule has 1 saturated heterocycles. The summed E-state index contributed by atoms with van der Waals surface area (Å²) < 4.78 is 40.2. The molecule has 1 aliphatic rings. The van der Waals surface area contributed by atoms with Gasteiger partial charge in [0, 0.05) is 50.9 Å². The number of anilines is 1. The molecular formula is C30H42N4O5S2. The first kappa shape index (κ1) is 31.4. The first-order valence-corrected chi connectivity index (χ1v) is 16.8. The Morgan fingerprint density at radius 1 is 1.00 bits per heavy atom. The van der Waals surface area contributed by atoms with Crippen LogP contribution in [0.3, 0.4) is 0 Å². The molecule has 224 valence electrons. The molecule has 2 heterocycles. The van der Waals surface area contributed by atoms with Crippen molar-refractivity contribution in [2.24, 2.45) is 0 Å². The highest BCUT2D eigenvalue weighted by atomic mass is 32.2. The van der Waals surface area contributed by atoms with Crippen LogP contribution in [0.15, 0.2) is 47.4 Å². The third kappa shape index (κ3) is 8.04. The normalized spacial score (nSPS) is 14.5. The number of morpholine rings is 1. The van der Waals surface area contributed by atoms with Gasteiger partial charge in [0.25, 0.3) is 5.91 Å². The maximum absolute atomic E-state index is 13.9. The third-order valence-corrected chi connectivity index (χ3v) is 10.3. The fourth-order valence-corrected chi connectivity index (χ4v) is 7.28. The van der Waals surface area contributed by atoms with Gasteiger partial charge in [-0.3, -0.25) is 14.6 Å². The number of thiazole rings is 1. The van der Waals surface area contributed by atoms with Gasteiger partial charge in [-0.1, -0.05) is 38.0 Å². The summed E-state index contributed by atoms with van der Waals surface area (Å²) in [5.41, 5.74) is 1.21. The van der Waals surface area contributed by atoms with Gasteiger partial charge >= 0.3 is 0 Å². The fraction of sp³-hybridized carbons (Fsp3) is 0.533. The van der Waals surface area contributed by atoms with E-state index in [9.17, 15) is 13.2 Å². The number of carbonyl (C=O) groups is 1. The Bertz CT molecular complexity index is 1360. The quantitative estimate of drug-likeness (QED) is 0.234. The van der Waals surface area contributed by atoms with Crippen LogP contribution in [0, 0.1) is 0 Å². The van der Waals surface area contributed by atoms with Crippen LogP contribution in [0.2, 0.25) is 0 Å². The van der Waals surface area contributed by atoms with Gasteiger partial charge in [-0.25, -0.2) is 13.4 Å². The van der Waals surface area contributed by atoms with Gasteiger partial charge in [-0.2, -0.15) is 4.31 Å². The van der Waals surface area contributed by atoms with Crippen molar-refractivity contribution in [1.29, 1.82) is 0 Å². The highest BCUT2D eigenvalue weighted by Gasteiger charge is 2.26. The summed E-state index contributed by atoms with van der Waals surface area (Å²) in [5, 5.41) is 0.613. The Labute approximate surface area is 248 Å². The topological polar surface area (TPSA) is 92.3 Å². The molecule has 0 bridgehead atoms. The number of sulfonamides is 1. The van der Waals surface area contributed by atoms with E-state index in [0.29, 0.717) is 36.1 Å². The number of nitrogens with zero attached hydrogens (tertiary/aromatic N) is 4. The summed E-state index contributed by atoms with van der Waals surface area (Å²) in [4.78, 5) is 22.9. The lowest BCUT2D eigenvalue weighted by atomic mass is 10.2. The second-order valence-electron chi connectivity index (χ2n) is 10.2. The van der Waals surface area contributed by atoms with Gasteiger partial charge in [-0.15, -0.1) is 0 Å². The average molecular weight is 603 g/mol. The van der Waals surface area contributed by atoms with E-state index in [1.807, 2.05) is 18.2 Å².